The third-order valence-electron chi connectivity index (χ3n) is 4.83. The predicted molar refractivity (Wildman–Crippen MR) is 128 cm³/mol. The van der Waals surface area contributed by atoms with Gasteiger partial charge < -0.3 is 19.3 Å². The van der Waals surface area contributed by atoms with Crippen molar-refractivity contribution < 1.29 is 45.7 Å². The van der Waals surface area contributed by atoms with E-state index in [-0.39, 0.29) is 34.6 Å². The van der Waals surface area contributed by atoms with Gasteiger partial charge in [-0.3, -0.25) is 0 Å². The van der Waals surface area contributed by atoms with Crippen LogP contribution in [-0.2, 0) is 27.7 Å². The van der Waals surface area contributed by atoms with Crippen molar-refractivity contribution >= 4 is 27.9 Å². The molecule has 0 fully saturated rings. The smallest absolute Gasteiger partial charge is 0.422 e. The SMILES string of the molecule is CCCC(C)NS(=O)(=O)N(Cc1ccc(OCCOC)cc1Oc1ncc(C(F)(F)F)cc1Cl)C(=O)O. The number of amides is 1. The second-order valence-electron chi connectivity index (χ2n) is 7.82. The lowest BCUT2D eigenvalue weighted by Gasteiger charge is -2.23. The lowest BCUT2D eigenvalue weighted by molar-refractivity contribution is -0.137. The number of hydrogen-bond donors (Lipinski definition) is 2. The van der Waals surface area contributed by atoms with Crippen LogP contribution in [0.5, 0.6) is 17.4 Å². The van der Waals surface area contributed by atoms with Gasteiger partial charge in [0.15, 0.2) is 0 Å². The zero-order chi connectivity index (χ0) is 27.8. The van der Waals surface area contributed by atoms with E-state index in [1.807, 2.05) is 6.92 Å². The molecule has 1 aromatic carbocycles. The minimum atomic E-state index is -4.69. The van der Waals surface area contributed by atoms with Crippen LogP contribution in [0.4, 0.5) is 18.0 Å². The van der Waals surface area contributed by atoms with Crippen LogP contribution in [0.1, 0.15) is 37.8 Å². The topological polar surface area (TPSA) is 127 Å². The average Bonchev–Trinajstić information content (AvgIpc) is 2.78. The van der Waals surface area contributed by atoms with E-state index in [0.717, 1.165) is 0 Å². The number of alkyl halides is 3. The number of pyridine rings is 1. The highest BCUT2D eigenvalue weighted by molar-refractivity contribution is 7.87. The number of carbonyl (C=O) groups is 1. The zero-order valence-electron chi connectivity index (χ0n) is 20.2. The van der Waals surface area contributed by atoms with Crippen LogP contribution in [0.15, 0.2) is 30.5 Å². The standard InChI is InChI=1S/C22H27ClF3N3O7S/c1-4-5-14(2)28-37(32,33)29(21(30)31)13-15-6-7-17(35-9-8-34-3)11-19(15)36-20-18(23)10-16(12-27-20)22(24,25)26/h6-7,10-12,14,28H,4-5,8-9,13H2,1-3H3,(H,30,31). The van der Waals surface area contributed by atoms with Gasteiger partial charge in [-0.15, -0.1) is 0 Å². The molecule has 15 heteroatoms. The third kappa shape index (κ3) is 8.91. The maximum Gasteiger partial charge on any atom is 0.422 e. The molecule has 2 N–H and O–H groups in total. The Balaban J connectivity index is 2.45. The summed E-state index contributed by atoms with van der Waals surface area (Å²) in [5.41, 5.74) is -1.05. The molecule has 0 aliphatic heterocycles. The highest BCUT2D eigenvalue weighted by Crippen LogP contribution is 2.36. The van der Waals surface area contributed by atoms with E-state index < -0.39 is 51.5 Å². The number of rotatable bonds is 13. The fraction of sp³-hybridized carbons (Fsp3) is 0.455. The Morgan fingerprint density at radius 3 is 2.54 bits per heavy atom. The first-order valence-corrected chi connectivity index (χ1v) is 12.8. The van der Waals surface area contributed by atoms with Crippen molar-refractivity contribution in [1.29, 1.82) is 0 Å². The van der Waals surface area contributed by atoms with E-state index in [2.05, 4.69) is 9.71 Å². The monoisotopic (exact) mass is 569 g/mol. The lowest BCUT2D eigenvalue weighted by atomic mass is 10.2. The van der Waals surface area contributed by atoms with Crippen LogP contribution < -0.4 is 14.2 Å². The number of benzene rings is 1. The molecule has 1 amide bonds. The molecule has 1 atom stereocenters. The van der Waals surface area contributed by atoms with E-state index in [1.54, 1.807) is 6.92 Å². The molecule has 1 aromatic heterocycles. The van der Waals surface area contributed by atoms with Crippen molar-refractivity contribution in [2.75, 3.05) is 20.3 Å². The largest absolute Gasteiger partial charge is 0.491 e. The van der Waals surface area contributed by atoms with Gasteiger partial charge in [0.1, 0.15) is 23.1 Å². The molecule has 0 spiro atoms. The number of nitrogens with one attached hydrogen (secondary N) is 1. The van der Waals surface area contributed by atoms with Gasteiger partial charge >= 0.3 is 22.5 Å². The second-order valence-corrected chi connectivity index (χ2v) is 9.86. The van der Waals surface area contributed by atoms with Gasteiger partial charge in [-0.05, 0) is 31.5 Å². The number of aromatic nitrogens is 1. The Hall–Kier alpha value is -2.81. The molecular formula is C22H27ClF3N3O7S. The van der Waals surface area contributed by atoms with Crippen LogP contribution in [0.3, 0.4) is 0 Å². The number of nitrogens with zero attached hydrogens (tertiary/aromatic N) is 2. The van der Waals surface area contributed by atoms with Crippen LogP contribution in [0.25, 0.3) is 0 Å². The van der Waals surface area contributed by atoms with Crippen molar-refractivity contribution in [2.45, 2.75) is 45.5 Å². The molecule has 10 nitrogen and oxygen atoms in total. The summed E-state index contributed by atoms with van der Waals surface area (Å²) in [6.45, 7) is 3.15. The van der Waals surface area contributed by atoms with E-state index >= 15 is 0 Å². The number of carboxylic acid groups (broad SMARTS) is 1. The summed E-state index contributed by atoms with van der Waals surface area (Å²) in [7, 11) is -3.01. The molecule has 37 heavy (non-hydrogen) atoms. The van der Waals surface area contributed by atoms with Gasteiger partial charge in [0, 0.05) is 31.0 Å². The molecular weight excluding hydrogens is 543 g/mol. The van der Waals surface area contributed by atoms with Crippen molar-refractivity contribution in [1.82, 2.24) is 14.0 Å². The van der Waals surface area contributed by atoms with Crippen LogP contribution in [0.2, 0.25) is 5.02 Å². The van der Waals surface area contributed by atoms with Crippen molar-refractivity contribution in [2.24, 2.45) is 0 Å². The summed E-state index contributed by atoms with van der Waals surface area (Å²) in [5.74, 6) is -0.310. The average molecular weight is 570 g/mol. The Morgan fingerprint density at radius 2 is 1.97 bits per heavy atom. The van der Waals surface area contributed by atoms with E-state index in [1.165, 1.54) is 25.3 Å². The summed E-state index contributed by atoms with van der Waals surface area (Å²) in [5, 5.41) is 9.16. The predicted octanol–water partition coefficient (Wildman–Crippen LogP) is 5.07. The lowest BCUT2D eigenvalue weighted by Crippen LogP contribution is -2.46. The minimum absolute atomic E-state index is 0.0489. The quantitative estimate of drug-likeness (QED) is 0.320. The van der Waals surface area contributed by atoms with Crippen molar-refractivity contribution in [3.63, 3.8) is 0 Å². The Bertz CT molecular complexity index is 1180. The maximum atomic E-state index is 13.0. The molecule has 1 heterocycles. The van der Waals surface area contributed by atoms with Crippen molar-refractivity contribution in [3.8, 4) is 17.4 Å². The van der Waals surface area contributed by atoms with Crippen LogP contribution in [0, 0.1) is 0 Å². The summed E-state index contributed by atoms with van der Waals surface area (Å²) in [4.78, 5) is 15.5. The molecule has 2 aromatic rings. The van der Waals surface area contributed by atoms with E-state index in [9.17, 15) is 31.5 Å². The number of hydrogen-bond acceptors (Lipinski definition) is 7. The first-order valence-electron chi connectivity index (χ1n) is 11.0. The summed E-state index contributed by atoms with van der Waals surface area (Å²) in [6, 6.07) is 4.20. The van der Waals surface area contributed by atoms with Gasteiger partial charge in [0.2, 0.25) is 5.88 Å². The molecule has 0 aliphatic rings. The summed E-state index contributed by atoms with van der Waals surface area (Å²) >= 11 is 5.95. The van der Waals surface area contributed by atoms with Crippen molar-refractivity contribution in [3.05, 3.63) is 46.6 Å². The van der Waals surface area contributed by atoms with Gasteiger partial charge in [-0.2, -0.15) is 30.6 Å². The third-order valence-corrected chi connectivity index (χ3v) is 6.66. The molecule has 0 saturated heterocycles. The second kappa shape index (κ2) is 13.1. The van der Waals surface area contributed by atoms with Crippen LogP contribution >= 0.6 is 11.6 Å². The van der Waals surface area contributed by atoms with E-state index in [4.69, 9.17) is 25.8 Å². The Labute approximate surface area is 217 Å². The summed E-state index contributed by atoms with van der Waals surface area (Å²) < 4.78 is 83.0. The normalized spacial score (nSPS) is 12.7. The van der Waals surface area contributed by atoms with Gasteiger partial charge in [0.25, 0.3) is 0 Å². The summed E-state index contributed by atoms with van der Waals surface area (Å²) in [6.07, 6.45) is -4.78. The Kier molecular flexibility index (Phi) is 10.8. The van der Waals surface area contributed by atoms with Gasteiger partial charge in [-0.1, -0.05) is 24.9 Å². The zero-order valence-corrected chi connectivity index (χ0v) is 21.8. The minimum Gasteiger partial charge on any atom is -0.491 e. The van der Waals surface area contributed by atoms with Crippen LogP contribution in [-0.4, -0.2) is 55.3 Å². The molecule has 206 valence electrons. The molecule has 1 unspecified atom stereocenters. The number of methoxy groups -OCH3 is 1. The molecule has 0 bridgehead atoms. The number of halogens is 4. The van der Waals surface area contributed by atoms with Gasteiger partial charge in [0.05, 0.1) is 18.7 Å². The highest BCUT2D eigenvalue weighted by Gasteiger charge is 2.32. The van der Waals surface area contributed by atoms with Gasteiger partial charge in [-0.25, -0.2) is 9.78 Å². The molecule has 0 radical (unpaired) electrons. The molecule has 2 rings (SSSR count). The fourth-order valence-corrected chi connectivity index (χ4v) is 4.55. The molecule has 0 aliphatic carbocycles. The number of ether oxygens (including phenoxy) is 3. The van der Waals surface area contributed by atoms with E-state index in [0.29, 0.717) is 25.1 Å². The fourth-order valence-electron chi connectivity index (χ4n) is 3.07. The maximum absolute atomic E-state index is 13.0. The highest BCUT2D eigenvalue weighted by atomic mass is 35.5. The first-order chi connectivity index (χ1) is 17.3. The molecule has 0 saturated carbocycles. The Morgan fingerprint density at radius 1 is 1.27 bits per heavy atom. The first kappa shape index (κ1) is 30.4.